The first-order valence-electron chi connectivity index (χ1n) is 9.94. The monoisotopic (exact) mass is 363 g/mol. The average molecular weight is 364 g/mol. The standard InChI is InChI=1S/C19H33N5S/c1-3-18-23-17(14-25-18)13-24-9-7-16(8-10-24)12-22-19(20-4-2)21-11-15-5-6-15/h14-16H,3-13H2,1-2H3,(H2,20,21,22). The highest BCUT2D eigenvalue weighted by Gasteiger charge is 2.22. The first kappa shape index (κ1) is 18.6. The number of nitrogens with zero attached hydrogens (tertiary/aromatic N) is 3. The molecule has 140 valence electrons. The van der Waals surface area contributed by atoms with E-state index in [1.807, 2.05) is 0 Å². The van der Waals surface area contributed by atoms with E-state index in [0.717, 1.165) is 50.4 Å². The van der Waals surface area contributed by atoms with E-state index in [0.29, 0.717) is 0 Å². The van der Waals surface area contributed by atoms with Crippen LogP contribution < -0.4 is 10.6 Å². The summed E-state index contributed by atoms with van der Waals surface area (Å²) in [5, 5.41) is 10.4. The van der Waals surface area contributed by atoms with Crippen molar-refractivity contribution in [3.63, 3.8) is 0 Å². The zero-order chi connectivity index (χ0) is 17.5. The molecule has 0 atom stereocenters. The van der Waals surface area contributed by atoms with E-state index >= 15 is 0 Å². The van der Waals surface area contributed by atoms with Gasteiger partial charge < -0.3 is 10.6 Å². The number of hydrogen-bond donors (Lipinski definition) is 2. The summed E-state index contributed by atoms with van der Waals surface area (Å²) in [6.45, 7) is 10.7. The van der Waals surface area contributed by atoms with Gasteiger partial charge in [0.15, 0.2) is 5.96 Å². The number of aromatic nitrogens is 1. The second-order valence-corrected chi connectivity index (χ2v) is 8.29. The molecule has 1 aromatic rings. The minimum Gasteiger partial charge on any atom is -0.357 e. The smallest absolute Gasteiger partial charge is 0.191 e. The van der Waals surface area contributed by atoms with Gasteiger partial charge in [0.25, 0.3) is 0 Å². The molecule has 0 radical (unpaired) electrons. The van der Waals surface area contributed by atoms with Gasteiger partial charge in [-0.25, -0.2) is 4.98 Å². The molecular weight excluding hydrogens is 330 g/mol. The largest absolute Gasteiger partial charge is 0.357 e. The molecule has 1 saturated carbocycles. The van der Waals surface area contributed by atoms with Crippen molar-refractivity contribution in [2.45, 2.75) is 52.5 Å². The number of piperidine rings is 1. The Morgan fingerprint density at radius 1 is 1.20 bits per heavy atom. The third-order valence-electron chi connectivity index (χ3n) is 5.10. The lowest BCUT2D eigenvalue weighted by Crippen LogP contribution is -2.42. The number of aryl methyl sites for hydroxylation is 1. The molecule has 0 unspecified atom stereocenters. The molecule has 3 rings (SSSR count). The van der Waals surface area contributed by atoms with Crippen LogP contribution in [0.3, 0.4) is 0 Å². The maximum Gasteiger partial charge on any atom is 0.191 e. The van der Waals surface area contributed by atoms with Gasteiger partial charge in [-0.1, -0.05) is 6.92 Å². The van der Waals surface area contributed by atoms with Crippen LogP contribution in [-0.4, -0.2) is 48.6 Å². The number of aliphatic imine (C=N–C) groups is 1. The molecule has 0 aromatic carbocycles. The van der Waals surface area contributed by atoms with Crippen molar-refractivity contribution >= 4 is 17.3 Å². The third-order valence-corrected chi connectivity index (χ3v) is 6.14. The lowest BCUT2D eigenvalue weighted by Gasteiger charge is -2.31. The Morgan fingerprint density at radius 2 is 2.00 bits per heavy atom. The molecule has 2 fully saturated rings. The van der Waals surface area contributed by atoms with E-state index in [9.17, 15) is 0 Å². The van der Waals surface area contributed by atoms with E-state index in [1.54, 1.807) is 11.3 Å². The number of guanidine groups is 1. The molecule has 0 spiro atoms. The SMILES string of the molecule is CCNC(=NCC1CC1)NCC1CCN(Cc2csc(CC)n2)CC1. The lowest BCUT2D eigenvalue weighted by atomic mass is 9.97. The third kappa shape index (κ3) is 6.26. The summed E-state index contributed by atoms with van der Waals surface area (Å²) in [6.07, 6.45) is 6.30. The first-order valence-corrected chi connectivity index (χ1v) is 10.8. The van der Waals surface area contributed by atoms with Gasteiger partial charge in [0, 0.05) is 31.6 Å². The van der Waals surface area contributed by atoms with Crippen molar-refractivity contribution < 1.29 is 0 Å². The maximum atomic E-state index is 4.72. The van der Waals surface area contributed by atoms with E-state index in [2.05, 4.69) is 34.8 Å². The number of thiazole rings is 1. The molecule has 2 aliphatic rings. The van der Waals surface area contributed by atoms with E-state index in [1.165, 1.54) is 49.5 Å². The van der Waals surface area contributed by atoms with Gasteiger partial charge in [0.2, 0.25) is 0 Å². The van der Waals surface area contributed by atoms with E-state index in [-0.39, 0.29) is 0 Å². The Kier molecular flexibility index (Phi) is 7.11. The molecule has 1 aliphatic heterocycles. The number of hydrogen-bond acceptors (Lipinski definition) is 4. The van der Waals surface area contributed by atoms with Crippen molar-refractivity contribution in [2.75, 3.05) is 32.7 Å². The van der Waals surface area contributed by atoms with Crippen LogP contribution in [0.4, 0.5) is 0 Å². The highest BCUT2D eigenvalue weighted by molar-refractivity contribution is 7.09. The Balaban J connectivity index is 1.37. The molecule has 6 heteroatoms. The Hall–Kier alpha value is -1.14. The number of nitrogens with one attached hydrogen (secondary N) is 2. The zero-order valence-corrected chi connectivity index (χ0v) is 16.6. The highest BCUT2D eigenvalue weighted by atomic mass is 32.1. The van der Waals surface area contributed by atoms with Gasteiger partial charge in [-0.2, -0.15) is 0 Å². The van der Waals surface area contributed by atoms with Gasteiger partial charge in [-0.3, -0.25) is 9.89 Å². The van der Waals surface area contributed by atoms with Crippen LogP contribution in [0.2, 0.25) is 0 Å². The summed E-state index contributed by atoms with van der Waals surface area (Å²) in [5.74, 6) is 2.60. The minimum absolute atomic E-state index is 0.752. The van der Waals surface area contributed by atoms with Crippen LogP contribution >= 0.6 is 11.3 Å². The first-order chi connectivity index (χ1) is 12.3. The summed E-state index contributed by atoms with van der Waals surface area (Å²) >= 11 is 1.80. The molecule has 0 amide bonds. The zero-order valence-electron chi connectivity index (χ0n) is 15.8. The molecule has 5 nitrogen and oxygen atoms in total. The topological polar surface area (TPSA) is 52.6 Å². The van der Waals surface area contributed by atoms with Crippen LogP contribution in [0.1, 0.15) is 50.2 Å². The average Bonchev–Trinajstić information content (AvgIpc) is 3.36. The van der Waals surface area contributed by atoms with Crippen LogP contribution in [0.5, 0.6) is 0 Å². The van der Waals surface area contributed by atoms with Crippen LogP contribution in [0.25, 0.3) is 0 Å². The normalized spacial score (nSPS) is 20.0. The minimum atomic E-state index is 0.752. The second kappa shape index (κ2) is 9.53. The fourth-order valence-corrected chi connectivity index (χ4v) is 4.00. The molecule has 2 heterocycles. The molecular formula is C19H33N5S. The number of rotatable bonds is 8. The van der Waals surface area contributed by atoms with Gasteiger partial charge in [-0.05, 0) is 64.0 Å². The summed E-state index contributed by atoms with van der Waals surface area (Å²) in [4.78, 5) is 12.0. The predicted octanol–water partition coefficient (Wildman–Crippen LogP) is 2.88. The van der Waals surface area contributed by atoms with Crippen molar-refractivity contribution in [3.05, 3.63) is 16.1 Å². The lowest BCUT2D eigenvalue weighted by molar-refractivity contribution is 0.176. The molecule has 1 aromatic heterocycles. The summed E-state index contributed by atoms with van der Waals surface area (Å²) in [7, 11) is 0. The van der Waals surface area contributed by atoms with Gasteiger partial charge in [0.05, 0.1) is 10.7 Å². The fourth-order valence-electron chi connectivity index (χ4n) is 3.27. The Morgan fingerprint density at radius 3 is 2.64 bits per heavy atom. The van der Waals surface area contributed by atoms with Crippen molar-refractivity contribution in [3.8, 4) is 0 Å². The molecule has 0 bridgehead atoms. The highest BCUT2D eigenvalue weighted by Crippen LogP contribution is 2.28. The van der Waals surface area contributed by atoms with Crippen LogP contribution in [-0.2, 0) is 13.0 Å². The van der Waals surface area contributed by atoms with E-state index < -0.39 is 0 Å². The molecule has 1 saturated heterocycles. The second-order valence-electron chi connectivity index (χ2n) is 7.35. The van der Waals surface area contributed by atoms with Crippen LogP contribution in [0, 0.1) is 11.8 Å². The predicted molar refractivity (Wildman–Crippen MR) is 106 cm³/mol. The van der Waals surface area contributed by atoms with Crippen molar-refractivity contribution in [1.29, 1.82) is 0 Å². The molecule has 2 N–H and O–H groups in total. The Labute approximate surface area is 156 Å². The summed E-state index contributed by atoms with van der Waals surface area (Å²) in [6, 6.07) is 0. The van der Waals surface area contributed by atoms with Gasteiger partial charge in [-0.15, -0.1) is 11.3 Å². The maximum absolute atomic E-state index is 4.72. The van der Waals surface area contributed by atoms with Crippen molar-refractivity contribution in [2.24, 2.45) is 16.8 Å². The molecule has 1 aliphatic carbocycles. The van der Waals surface area contributed by atoms with Crippen molar-refractivity contribution in [1.82, 2.24) is 20.5 Å². The quantitative estimate of drug-likeness (QED) is 0.551. The number of likely N-dealkylation sites (tertiary alicyclic amines) is 1. The van der Waals surface area contributed by atoms with E-state index in [4.69, 9.17) is 9.98 Å². The Bertz CT molecular complexity index is 544. The van der Waals surface area contributed by atoms with Crippen LogP contribution in [0.15, 0.2) is 10.4 Å². The summed E-state index contributed by atoms with van der Waals surface area (Å²) in [5.41, 5.74) is 1.25. The summed E-state index contributed by atoms with van der Waals surface area (Å²) < 4.78 is 0. The fraction of sp³-hybridized carbons (Fsp3) is 0.789. The molecule has 25 heavy (non-hydrogen) atoms. The van der Waals surface area contributed by atoms with Gasteiger partial charge >= 0.3 is 0 Å². The van der Waals surface area contributed by atoms with Gasteiger partial charge in [0.1, 0.15) is 0 Å².